The highest BCUT2D eigenvalue weighted by molar-refractivity contribution is 7.89. The fourth-order valence-corrected chi connectivity index (χ4v) is 4.94. The first-order chi connectivity index (χ1) is 17.5. The first kappa shape index (κ1) is 26.1. The van der Waals surface area contributed by atoms with Gasteiger partial charge in [0.25, 0.3) is 0 Å². The van der Waals surface area contributed by atoms with E-state index in [0.717, 1.165) is 5.56 Å². The van der Waals surface area contributed by atoms with E-state index in [9.17, 15) is 27.5 Å². The molecule has 4 aromatic rings. The second-order valence-corrected chi connectivity index (χ2v) is 10.7. The van der Waals surface area contributed by atoms with Crippen molar-refractivity contribution in [3.63, 3.8) is 0 Å². The number of carboxylic acid groups (broad SMARTS) is 1. The number of carbonyl (C=O) groups is 2. The van der Waals surface area contributed by atoms with Gasteiger partial charge in [-0.15, -0.1) is 0 Å². The molecular weight excluding hydrogens is 501 g/mol. The summed E-state index contributed by atoms with van der Waals surface area (Å²) in [4.78, 5) is 23.7. The van der Waals surface area contributed by atoms with Gasteiger partial charge in [-0.1, -0.05) is 26.0 Å². The van der Waals surface area contributed by atoms with Gasteiger partial charge >= 0.3 is 12.0 Å². The lowest BCUT2D eigenvalue weighted by Crippen LogP contribution is -2.35. The van der Waals surface area contributed by atoms with Crippen LogP contribution in [-0.2, 0) is 21.4 Å². The van der Waals surface area contributed by atoms with Crippen LogP contribution in [-0.4, -0.2) is 32.1 Å². The number of carboxylic acids is 1. The van der Waals surface area contributed by atoms with Gasteiger partial charge in [-0.2, -0.15) is 0 Å². The Hall–Kier alpha value is -3.96. The van der Waals surface area contributed by atoms with Crippen LogP contribution in [0.4, 0.5) is 14.9 Å². The number of hydrogen-bond acceptors (Lipinski definition) is 5. The van der Waals surface area contributed by atoms with Gasteiger partial charge in [-0.05, 0) is 53.9 Å². The number of rotatable bonds is 9. The lowest BCUT2D eigenvalue weighted by molar-refractivity contribution is -0.142. The number of benzene rings is 3. The maximum atomic E-state index is 13.0. The molecule has 3 aromatic carbocycles. The number of amides is 2. The second-order valence-electron chi connectivity index (χ2n) is 8.95. The van der Waals surface area contributed by atoms with Gasteiger partial charge in [0.1, 0.15) is 17.0 Å². The van der Waals surface area contributed by atoms with Gasteiger partial charge in [-0.25, -0.2) is 22.3 Å². The first-order valence-electron chi connectivity index (χ1n) is 11.5. The molecular formula is C26H26FN3O6S. The minimum Gasteiger partial charge on any atom is -0.481 e. The standard InChI is InChI=1S/C26H26FN3O6S/c1-15(2)22(25(31)32)14-29-37(34,35)19-8-10-23-21(12-19)20-9-7-18(11-24(20)36-23)30-26(33)28-13-16-3-5-17(27)6-4-16/h3-12,15,22,29H,13-14H2,1-2H3,(H,31,32)(H2,28,30,33)/t22-/m1/s1. The maximum Gasteiger partial charge on any atom is 0.319 e. The number of sulfonamides is 1. The fourth-order valence-electron chi connectivity index (χ4n) is 3.85. The topological polar surface area (TPSA) is 138 Å². The number of nitrogens with one attached hydrogen (secondary N) is 3. The average Bonchev–Trinajstić information content (AvgIpc) is 3.20. The molecule has 11 heteroatoms. The molecule has 4 N–H and O–H groups in total. The summed E-state index contributed by atoms with van der Waals surface area (Å²) in [7, 11) is -3.96. The number of fused-ring (bicyclic) bond motifs is 3. The summed E-state index contributed by atoms with van der Waals surface area (Å²) in [5, 5.41) is 15.9. The Morgan fingerprint density at radius 3 is 2.38 bits per heavy atom. The van der Waals surface area contributed by atoms with E-state index in [-0.39, 0.29) is 29.7 Å². The Bertz CT molecular complexity index is 1560. The highest BCUT2D eigenvalue weighted by Crippen LogP contribution is 2.32. The number of hydrogen-bond donors (Lipinski definition) is 4. The molecule has 0 saturated carbocycles. The molecule has 9 nitrogen and oxygen atoms in total. The van der Waals surface area contributed by atoms with Gasteiger partial charge in [0.2, 0.25) is 10.0 Å². The van der Waals surface area contributed by atoms with Gasteiger partial charge in [-0.3, -0.25) is 4.79 Å². The van der Waals surface area contributed by atoms with E-state index < -0.39 is 27.9 Å². The number of aliphatic carboxylic acids is 1. The molecule has 0 unspecified atom stereocenters. The number of halogens is 1. The van der Waals surface area contributed by atoms with Crippen LogP contribution in [0.3, 0.4) is 0 Å². The van der Waals surface area contributed by atoms with E-state index in [2.05, 4.69) is 15.4 Å². The van der Waals surface area contributed by atoms with E-state index in [1.165, 1.54) is 30.3 Å². The van der Waals surface area contributed by atoms with E-state index >= 15 is 0 Å². The number of urea groups is 1. The van der Waals surface area contributed by atoms with Crippen LogP contribution >= 0.6 is 0 Å². The minimum atomic E-state index is -3.96. The molecule has 0 aliphatic heterocycles. The molecule has 37 heavy (non-hydrogen) atoms. The summed E-state index contributed by atoms with van der Waals surface area (Å²) in [5.74, 6) is -2.52. The summed E-state index contributed by atoms with van der Waals surface area (Å²) >= 11 is 0. The second kappa shape index (κ2) is 10.6. The van der Waals surface area contributed by atoms with Crippen LogP contribution < -0.4 is 15.4 Å². The van der Waals surface area contributed by atoms with Crippen molar-refractivity contribution in [2.45, 2.75) is 25.3 Å². The average molecular weight is 528 g/mol. The summed E-state index contributed by atoms with van der Waals surface area (Å²) in [5.41, 5.74) is 2.11. The van der Waals surface area contributed by atoms with Crippen LogP contribution in [0.5, 0.6) is 0 Å². The zero-order valence-corrected chi connectivity index (χ0v) is 20.9. The van der Waals surface area contributed by atoms with Crippen molar-refractivity contribution < 1.29 is 31.9 Å². The molecule has 4 rings (SSSR count). The number of carbonyl (C=O) groups excluding carboxylic acids is 1. The SMILES string of the molecule is CC(C)[C@@H](CNS(=O)(=O)c1ccc2oc3cc(NC(=O)NCc4ccc(F)cc4)ccc3c2c1)C(=O)O. The molecule has 0 radical (unpaired) electrons. The lowest BCUT2D eigenvalue weighted by atomic mass is 9.97. The van der Waals surface area contributed by atoms with Gasteiger partial charge < -0.3 is 20.2 Å². The highest BCUT2D eigenvalue weighted by Gasteiger charge is 2.25. The predicted molar refractivity (Wildman–Crippen MR) is 137 cm³/mol. The van der Waals surface area contributed by atoms with Crippen LogP contribution in [0.15, 0.2) is 70.0 Å². The molecule has 1 aromatic heterocycles. The fraction of sp³-hybridized carbons (Fsp3) is 0.231. The Kier molecular flexibility index (Phi) is 7.46. The van der Waals surface area contributed by atoms with Crippen LogP contribution in [0.25, 0.3) is 21.9 Å². The Labute approximate surface area is 212 Å². The molecule has 0 aliphatic carbocycles. The Morgan fingerprint density at radius 1 is 0.973 bits per heavy atom. The molecule has 0 fully saturated rings. The van der Waals surface area contributed by atoms with E-state index in [1.54, 1.807) is 44.2 Å². The Morgan fingerprint density at radius 2 is 1.70 bits per heavy atom. The molecule has 1 heterocycles. The van der Waals surface area contributed by atoms with E-state index in [1.807, 2.05) is 0 Å². The van der Waals surface area contributed by atoms with Crippen molar-refractivity contribution in [3.8, 4) is 0 Å². The summed E-state index contributed by atoms with van der Waals surface area (Å²) in [6.07, 6.45) is 0. The summed E-state index contributed by atoms with van der Waals surface area (Å²) in [6, 6.07) is 14.7. The molecule has 0 bridgehead atoms. The van der Waals surface area contributed by atoms with Gasteiger partial charge in [0, 0.05) is 35.6 Å². The van der Waals surface area contributed by atoms with Crippen LogP contribution in [0.2, 0.25) is 0 Å². The van der Waals surface area contributed by atoms with Crippen molar-refractivity contribution in [1.82, 2.24) is 10.0 Å². The van der Waals surface area contributed by atoms with Gasteiger partial charge in [0.05, 0.1) is 10.8 Å². The quantitative estimate of drug-likeness (QED) is 0.249. The largest absolute Gasteiger partial charge is 0.481 e. The summed E-state index contributed by atoms with van der Waals surface area (Å²) in [6.45, 7) is 3.43. The number of anilines is 1. The normalized spacial score (nSPS) is 12.6. The Balaban J connectivity index is 1.49. The first-order valence-corrected chi connectivity index (χ1v) is 13.0. The van der Waals surface area contributed by atoms with Crippen molar-refractivity contribution in [2.24, 2.45) is 11.8 Å². The number of furan rings is 1. The highest BCUT2D eigenvalue weighted by atomic mass is 32.2. The smallest absolute Gasteiger partial charge is 0.319 e. The van der Waals surface area contributed by atoms with E-state index in [0.29, 0.717) is 27.6 Å². The third-order valence-corrected chi connectivity index (χ3v) is 7.41. The molecule has 0 aliphatic rings. The molecule has 1 atom stereocenters. The third-order valence-electron chi connectivity index (χ3n) is 5.99. The molecule has 2 amide bonds. The molecule has 194 valence electrons. The third kappa shape index (κ3) is 6.07. The van der Waals surface area contributed by atoms with E-state index in [4.69, 9.17) is 4.42 Å². The summed E-state index contributed by atoms with van der Waals surface area (Å²) < 4.78 is 46.9. The zero-order chi connectivity index (χ0) is 26.7. The lowest BCUT2D eigenvalue weighted by Gasteiger charge is -2.16. The molecule has 0 saturated heterocycles. The minimum absolute atomic E-state index is 0.0158. The predicted octanol–water partition coefficient (Wildman–Crippen LogP) is 4.68. The van der Waals surface area contributed by atoms with Crippen molar-refractivity contribution in [3.05, 3.63) is 72.0 Å². The maximum absolute atomic E-state index is 13.0. The van der Waals surface area contributed by atoms with Gasteiger partial charge in [0.15, 0.2) is 0 Å². The van der Waals surface area contributed by atoms with Crippen LogP contribution in [0, 0.1) is 17.7 Å². The monoisotopic (exact) mass is 527 g/mol. The van der Waals surface area contributed by atoms with Crippen molar-refractivity contribution in [2.75, 3.05) is 11.9 Å². The van der Waals surface area contributed by atoms with Crippen molar-refractivity contribution >= 4 is 49.6 Å². The zero-order valence-electron chi connectivity index (χ0n) is 20.1. The van der Waals surface area contributed by atoms with Crippen molar-refractivity contribution in [1.29, 1.82) is 0 Å². The van der Waals surface area contributed by atoms with Crippen LogP contribution in [0.1, 0.15) is 19.4 Å². The molecule has 0 spiro atoms.